The number of piperidine rings is 2. The number of carbonyl (C=O) groups excluding carboxylic acids is 1. The summed E-state index contributed by atoms with van der Waals surface area (Å²) in [6, 6.07) is 14.3. The van der Waals surface area contributed by atoms with Gasteiger partial charge < -0.3 is 15.5 Å². The van der Waals surface area contributed by atoms with Crippen LogP contribution >= 0.6 is 0 Å². The van der Waals surface area contributed by atoms with Crippen LogP contribution in [0.1, 0.15) is 49.9 Å². The zero-order valence-corrected chi connectivity index (χ0v) is 19.7. The van der Waals surface area contributed by atoms with Crippen molar-refractivity contribution < 1.29 is 9.63 Å². The molecule has 176 valence electrons. The Morgan fingerprint density at radius 2 is 1.79 bits per heavy atom. The maximum absolute atomic E-state index is 13.2. The van der Waals surface area contributed by atoms with Gasteiger partial charge in [-0.3, -0.25) is 14.7 Å². The summed E-state index contributed by atoms with van der Waals surface area (Å²) in [5.74, 6) is 0.687. The quantitative estimate of drug-likeness (QED) is 0.413. The second-order valence-electron chi connectivity index (χ2n) is 9.13. The van der Waals surface area contributed by atoms with Crippen molar-refractivity contribution in [2.45, 2.75) is 38.6 Å². The number of oxime groups is 1. The van der Waals surface area contributed by atoms with Gasteiger partial charge in [-0.25, -0.2) is 0 Å². The maximum atomic E-state index is 13.2. The number of rotatable bonds is 6. The summed E-state index contributed by atoms with van der Waals surface area (Å²) in [6.45, 7) is 5.63. The Kier molecular flexibility index (Phi) is 7.60. The molecule has 0 radical (unpaired) electrons. The minimum Gasteiger partial charge on any atom is -0.399 e. The van der Waals surface area contributed by atoms with Gasteiger partial charge in [0.1, 0.15) is 12.8 Å². The minimum atomic E-state index is 0.119. The number of carbonyl (C=O) groups is 1. The van der Waals surface area contributed by atoms with Crippen molar-refractivity contribution >= 4 is 17.3 Å². The van der Waals surface area contributed by atoms with E-state index in [2.05, 4.69) is 39.0 Å². The van der Waals surface area contributed by atoms with E-state index >= 15 is 0 Å². The van der Waals surface area contributed by atoms with Gasteiger partial charge in [-0.1, -0.05) is 23.4 Å². The van der Waals surface area contributed by atoms with Crippen LogP contribution in [0.4, 0.5) is 5.69 Å². The van der Waals surface area contributed by atoms with Crippen LogP contribution in [-0.4, -0.2) is 59.7 Å². The largest absolute Gasteiger partial charge is 0.399 e. The van der Waals surface area contributed by atoms with E-state index in [4.69, 9.17) is 10.6 Å². The highest BCUT2D eigenvalue weighted by atomic mass is 16.6. The van der Waals surface area contributed by atoms with Gasteiger partial charge in [-0.15, -0.1) is 0 Å². The van der Waals surface area contributed by atoms with Crippen molar-refractivity contribution in [1.29, 1.82) is 0 Å². The first-order valence-corrected chi connectivity index (χ1v) is 12.0. The molecule has 1 aromatic heterocycles. The fourth-order valence-corrected chi connectivity index (χ4v) is 5.14. The topological polar surface area (TPSA) is 84.1 Å². The normalized spacial score (nSPS) is 19.9. The number of amides is 1. The summed E-state index contributed by atoms with van der Waals surface area (Å²) < 4.78 is 0. The Balaban J connectivity index is 1.29. The van der Waals surface area contributed by atoms with Crippen LogP contribution in [0.25, 0.3) is 0 Å². The summed E-state index contributed by atoms with van der Waals surface area (Å²) in [5, 5.41) is 4.27. The van der Waals surface area contributed by atoms with Gasteiger partial charge in [0.15, 0.2) is 0 Å². The van der Waals surface area contributed by atoms with Gasteiger partial charge in [0.2, 0.25) is 5.91 Å². The molecule has 0 spiro atoms. The third kappa shape index (κ3) is 5.53. The van der Waals surface area contributed by atoms with Gasteiger partial charge in [-0.2, -0.15) is 0 Å². The van der Waals surface area contributed by atoms with Crippen LogP contribution in [-0.2, 0) is 9.63 Å². The summed E-state index contributed by atoms with van der Waals surface area (Å²) in [5.41, 5.74) is 9.74. The van der Waals surface area contributed by atoms with E-state index < -0.39 is 0 Å². The predicted octanol–water partition coefficient (Wildman–Crippen LogP) is 3.73. The van der Waals surface area contributed by atoms with Gasteiger partial charge >= 0.3 is 0 Å². The highest BCUT2D eigenvalue weighted by molar-refractivity contribution is 6.00. The standard InChI is InChI=1S/C26H35N5O2/c1-19(22-6-5-7-23(27)18-22)30-14-11-21(12-15-30)26(32)31-16-9-20(10-17-31)25(29-33-2)24-8-3-4-13-28-24/h3-8,13,18-21H,9-12,14-17,27H2,1-2H3/b29-25+/t19-/m0/s1. The van der Waals surface area contributed by atoms with E-state index in [0.29, 0.717) is 11.9 Å². The van der Waals surface area contributed by atoms with Crippen LogP contribution in [0.3, 0.4) is 0 Å². The summed E-state index contributed by atoms with van der Waals surface area (Å²) in [7, 11) is 1.57. The number of aromatic nitrogens is 1. The fourth-order valence-electron chi connectivity index (χ4n) is 5.14. The van der Waals surface area contributed by atoms with Crippen LogP contribution in [0.2, 0.25) is 0 Å². The highest BCUT2D eigenvalue weighted by Crippen LogP contribution is 2.30. The first-order valence-electron chi connectivity index (χ1n) is 12.0. The molecule has 0 unspecified atom stereocenters. The van der Waals surface area contributed by atoms with E-state index in [1.54, 1.807) is 13.3 Å². The van der Waals surface area contributed by atoms with Crippen LogP contribution in [0, 0.1) is 11.8 Å². The Morgan fingerprint density at radius 1 is 1.06 bits per heavy atom. The lowest BCUT2D eigenvalue weighted by Gasteiger charge is -2.39. The molecule has 0 saturated carbocycles. The molecule has 0 bridgehead atoms. The molecule has 33 heavy (non-hydrogen) atoms. The van der Waals surface area contributed by atoms with Gasteiger partial charge in [0.05, 0.1) is 5.69 Å². The highest BCUT2D eigenvalue weighted by Gasteiger charge is 2.33. The van der Waals surface area contributed by atoms with Crippen LogP contribution < -0.4 is 5.73 Å². The number of nitrogens with two attached hydrogens (primary N) is 1. The van der Waals surface area contributed by atoms with E-state index in [1.165, 1.54) is 5.56 Å². The van der Waals surface area contributed by atoms with Crippen LogP contribution in [0.5, 0.6) is 0 Å². The van der Waals surface area contributed by atoms with Crippen molar-refractivity contribution in [3.05, 3.63) is 59.9 Å². The van der Waals surface area contributed by atoms with Crippen molar-refractivity contribution in [3.63, 3.8) is 0 Å². The summed E-state index contributed by atoms with van der Waals surface area (Å²) in [6.07, 6.45) is 5.37. The molecule has 2 fully saturated rings. The number of anilines is 1. The molecule has 7 nitrogen and oxygen atoms in total. The number of pyridine rings is 1. The number of nitrogens with zero attached hydrogens (tertiary/aromatic N) is 4. The van der Waals surface area contributed by atoms with E-state index in [-0.39, 0.29) is 11.8 Å². The molecule has 1 amide bonds. The first kappa shape index (κ1) is 23.2. The van der Waals surface area contributed by atoms with E-state index in [9.17, 15) is 4.79 Å². The smallest absolute Gasteiger partial charge is 0.225 e. The zero-order chi connectivity index (χ0) is 23.2. The minimum absolute atomic E-state index is 0.119. The SMILES string of the molecule is CO/N=C(/c1ccccn1)C1CCN(C(=O)C2CCN([C@@H](C)c3cccc(N)c3)CC2)CC1. The maximum Gasteiger partial charge on any atom is 0.225 e. The molecule has 7 heteroatoms. The van der Waals surface area contributed by atoms with Crippen molar-refractivity contribution in [3.8, 4) is 0 Å². The van der Waals surface area contributed by atoms with Crippen LogP contribution in [0.15, 0.2) is 53.8 Å². The summed E-state index contributed by atoms with van der Waals surface area (Å²) in [4.78, 5) is 27.3. The third-order valence-corrected chi connectivity index (χ3v) is 7.13. The lowest BCUT2D eigenvalue weighted by atomic mass is 9.88. The summed E-state index contributed by atoms with van der Waals surface area (Å²) >= 11 is 0. The van der Waals surface area contributed by atoms with Crippen molar-refractivity contribution in [2.24, 2.45) is 17.0 Å². The molecule has 1 atom stereocenters. The Labute approximate surface area is 196 Å². The number of hydrogen-bond acceptors (Lipinski definition) is 6. The first-order chi connectivity index (χ1) is 16.1. The molecule has 3 heterocycles. The van der Waals surface area contributed by atoms with Crippen molar-refractivity contribution in [2.75, 3.05) is 39.0 Å². The van der Waals surface area contributed by atoms with E-state index in [0.717, 1.165) is 69.0 Å². The molecular weight excluding hydrogens is 414 g/mol. The molecule has 0 aliphatic carbocycles. The lowest BCUT2D eigenvalue weighted by Crippen LogP contribution is -2.46. The molecule has 4 rings (SSSR count). The van der Waals surface area contributed by atoms with Gasteiger partial charge in [-0.05, 0) is 75.5 Å². The molecule has 1 aromatic carbocycles. The Hall–Kier alpha value is -2.93. The second-order valence-corrected chi connectivity index (χ2v) is 9.13. The zero-order valence-electron chi connectivity index (χ0n) is 19.7. The Morgan fingerprint density at radius 3 is 2.42 bits per heavy atom. The Bertz CT molecular complexity index is 948. The number of benzene rings is 1. The van der Waals surface area contributed by atoms with Crippen molar-refractivity contribution in [1.82, 2.24) is 14.8 Å². The van der Waals surface area contributed by atoms with Gasteiger partial charge in [0, 0.05) is 42.9 Å². The monoisotopic (exact) mass is 449 g/mol. The molecule has 2 aliphatic heterocycles. The average Bonchev–Trinajstić information content (AvgIpc) is 2.87. The molecule has 2 aliphatic rings. The fraction of sp³-hybridized carbons (Fsp3) is 0.500. The second kappa shape index (κ2) is 10.8. The average molecular weight is 450 g/mol. The predicted molar refractivity (Wildman–Crippen MR) is 131 cm³/mol. The molecule has 2 N–H and O–H groups in total. The molecule has 2 aromatic rings. The van der Waals surface area contributed by atoms with Gasteiger partial charge in [0.25, 0.3) is 0 Å². The molecular formula is C26H35N5O2. The third-order valence-electron chi connectivity index (χ3n) is 7.13. The lowest BCUT2D eigenvalue weighted by molar-refractivity contribution is -0.138. The number of likely N-dealkylation sites (tertiary alicyclic amines) is 2. The number of hydrogen-bond donors (Lipinski definition) is 1. The van der Waals surface area contributed by atoms with E-state index in [1.807, 2.05) is 30.3 Å². The number of nitrogen functional groups attached to an aromatic ring is 1. The molecule has 2 saturated heterocycles.